The van der Waals surface area contributed by atoms with Crippen LogP contribution in [0, 0.1) is 6.92 Å². The Bertz CT molecular complexity index is 873. The lowest BCUT2D eigenvalue weighted by atomic mass is 9.91. The van der Waals surface area contributed by atoms with Crippen LogP contribution >= 0.6 is 11.6 Å². The third kappa shape index (κ3) is 4.15. The number of halogens is 4. The van der Waals surface area contributed by atoms with Crippen LogP contribution < -0.4 is 0 Å². The molecule has 8 heteroatoms. The molecule has 1 saturated heterocycles. The number of nitrogens with zero attached hydrogens (tertiary/aromatic N) is 2. The number of rotatable bonds is 4. The van der Waals surface area contributed by atoms with Crippen LogP contribution in [0.4, 0.5) is 13.2 Å². The second kappa shape index (κ2) is 8.09. The van der Waals surface area contributed by atoms with Crippen molar-refractivity contribution in [3.63, 3.8) is 0 Å². The molecule has 0 amide bonds. The molecular weight excluding hydrogens is 393 g/mol. The first-order valence-electron chi connectivity index (χ1n) is 8.97. The number of carboxylic acids is 1. The van der Waals surface area contributed by atoms with Crippen molar-refractivity contribution in [2.45, 2.75) is 44.4 Å². The van der Waals surface area contributed by atoms with Gasteiger partial charge in [0.1, 0.15) is 6.04 Å². The number of hydrogen-bond donors (Lipinski definition) is 1. The lowest BCUT2D eigenvalue weighted by molar-refractivity contribution is -0.145. The summed E-state index contributed by atoms with van der Waals surface area (Å²) in [7, 11) is 0. The first kappa shape index (κ1) is 20.6. The molecule has 1 N–H and O–H groups in total. The summed E-state index contributed by atoms with van der Waals surface area (Å²) in [6.07, 6.45) is -1.07. The maximum Gasteiger partial charge on any atom is 0.417 e. The van der Waals surface area contributed by atoms with E-state index in [-0.39, 0.29) is 5.02 Å². The quantitative estimate of drug-likeness (QED) is 0.759. The van der Waals surface area contributed by atoms with E-state index in [2.05, 4.69) is 4.98 Å². The second-order valence-electron chi connectivity index (χ2n) is 6.93. The minimum absolute atomic E-state index is 0.326. The molecule has 0 saturated carbocycles. The standard InChI is InChI=1S/C20H20ClF3N2O2/c1-12-5-4-9-25-17(12)18(26-10-3-2-6-16(26)19(27)28)13-7-8-15(21)14(11-13)20(22,23)24/h4-5,7-9,11,16,18H,2-3,6,10H2,1H3,(H,27,28). The van der Waals surface area contributed by atoms with E-state index >= 15 is 0 Å². The van der Waals surface area contributed by atoms with Gasteiger partial charge in [0.2, 0.25) is 0 Å². The molecule has 3 rings (SSSR count). The van der Waals surface area contributed by atoms with Gasteiger partial charge in [-0.2, -0.15) is 13.2 Å². The maximum atomic E-state index is 13.4. The number of hydrogen-bond acceptors (Lipinski definition) is 3. The van der Waals surface area contributed by atoms with Crippen molar-refractivity contribution in [1.29, 1.82) is 0 Å². The van der Waals surface area contributed by atoms with E-state index in [1.807, 2.05) is 13.0 Å². The summed E-state index contributed by atoms with van der Waals surface area (Å²) in [6.45, 7) is 2.28. The highest BCUT2D eigenvalue weighted by Gasteiger charge is 2.38. The summed E-state index contributed by atoms with van der Waals surface area (Å²) in [5.41, 5.74) is 0.720. The Kier molecular flexibility index (Phi) is 5.95. The van der Waals surface area contributed by atoms with E-state index in [4.69, 9.17) is 11.6 Å². The predicted octanol–water partition coefficient (Wildman–Crippen LogP) is 5.09. The number of likely N-dealkylation sites (tertiary alicyclic amines) is 1. The fourth-order valence-corrected chi connectivity index (χ4v) is 3.97. The zero-order chi connectivity index (χ0) is 20.5. The zero-order valence-corrected chi connectivity index (χ0v) is 16.0. The topological polar surface area (TPSA) is 53.4 Å². The fraction of sp³-hybridized carbons (Fsp3) is 0.400. The lowest BCUT2D eigenvalue weighted by Crippen LogP contribution is -2.47. The summed E-state index contributed by atoms with van der Waals surface area (Å²) in [6, 6.07) is 5.80. The third-order valence-electron chi connectivity index (χ3n) is 5.08. The monoisotopic (exact) mass is 412 g/mol. The number of piperidine rings is 1. The van der Waals surface area contributed by atoms with Crippen molar-refractivity contribution in [2.75, 3.05) is 6.54 Å². The SMILES string of the molecule is Cc1cccnc1C(c1ccc(Cl)c(C(F)(F)F)c1)N1CCCCC1C(=O)O. The average Bonchev–Trinajstić information content (AvgIpc) is 2.64. The highest BCUT2D eigenvalue weighted by molar-refractivity contribution is 6.31. The van der Waals surface area contributed by atoms with E-state index in [0.29, 0.717) is 24.2 Å². The van der Waals surface area contributed by atoms with Crippen LogP contribution in [0.2, 0.25) is 5.02 Å². The van der Waals surface area contributed by atoms with Gasteiger partial charge in [-0.3, -0.25) is 14.7 Å². The molecule has 1 aromatic heterocycles. The van der Waals surface area contributed by atoms with Gasteiger partial charge in [-0.25, -0.2) is 0 Å². The van der Waals surface area contributed by atoms with Crippen molar-refractivity contribution in [1.82, 2.24) is 9.88 Å². The summed E-state index contributed by atoms with van der Waals surface area (Å²) < 4.78 is 40.2. The van der Waals surface area contributed by atoms with E-state index in [0.717, 1.165) is 24.5 Å². The Balaban J connectivity index is 2.18. The van der Waals surface area contributed by atoms with Crippen molar-refractivity contribution in [3.8, 4) is 0 Å². The Labute approximate surface area is 166 Å². The van der Waals surface area contributed by atoms with Gasteiger partial charge in [-0.15, -0.1) is 0 Å². The molecule has 1 fully saturated rings. The molecule has 2 heterocycles. The van der Waals surface area contributed by atoms with E-state index in [9.17, 15) is 23.1 Å². The molecule has 150 valence electrons. The molecule has 0 spiro atoms. The summed E-state index contributed by atoms with van der Waals surface area (Å²) in [5.74, 6) is -0.983. The van der Waals surface area contributed by atoms with E-state index in [1.54, 1.807) is 17.2 Å². The number of alkyl halides is 3. The molecule has 1 aromatic carbocycles. The predicted molar refractivity (Wildman–Crippen MR) is 99.3 cm³/mol. The largest absolute Gasteiger partial charge is 0.480 e. The molecule has 2 unspecified atom stereocenters. The van der Waals surface area contributed by atoms with Crippen LogP contribution in [0.1, 0.15) is 47.7 Å². The van der Waals surface area contributed by atoms with Crippen molar-refractivity contribution >= 4 is 17.6 Å². The summed E-state index contributed by atoms with van der Waals surface area (Å²) in [5, 5.41) is 9.30. The molecule has 0 bridgehead atoms. The number of aryl methyl sites for hydroxylation is 1. The number of carbonyl (C=O) groups is 1. The van der Waals surface area contributed by atoms with Crippen LogP contribution in [0.3, 0.4) is 0 Å². The van der Waals surface area contributed by atoms with Gasteiger partial charge in [0.15, 0.2) is 0 Å². The third-order valence-corrected chi connectivity index (χ3v) is 5.41. The molecule has 2 aromatic rings. The summed E-state index contributed by atoms with van der Waals surface area (Å²) in [4.78, 5) is 18.0. The van der Waals surface area contributed by atoms with Gasteiger partial charge < -0.3 is 5.11 Å². The highest BCUT2D eigenvalue weighted by atomic mass is 35.5. The van der Waals surface area contributed by atoms with Crippen LogP contribution in [0.25, 0.3) is 0 Å². The van der Waals surface area contributed by atoms with Crippen LogP contribution in [0.5, 0.6) is 0 Å². The molecule has 4 nitrogen and oxygen atoms in total. The van der Waals surface area contributed by atoms with Gasteiger partial charge in [-0.1, -0.05) is 30.2 Å². The Hall–Kier alpha value is -2.12. The van der Waals surface area contributed by atoms with Crippen molar-refractivity contribution in [3.05, 3.63) is 63.9 Å². The Morgan fingerprint density at radius 3 is 2.71 bits per heavy atom. The Morgan fingerprint density at radius 1 is 1.32 bits per heavy atom. The van der Waals surface area contributed by atoms with Gasteiger partial charge in [0.05, 0.1) is 22.3 Å². The number of aromatic nitrogens is 1. The minimum Gasteiger partial charge on any atom is -0.480 e. The lowest BCUT2D eigenvalue weighted by Gasteiger charge is -2.39. The molecule has 0 radical (unpaired) electrons. The molecule has 0 aliphatic carbocycles. The first-order valence-corrected chi connectivity index (χ1v) is 9.34. The molecule has 1 aliphatic rings. The molecule has 2 atom stereocenters. The second-order valence-corrected chi connectivity index (χ2v) is 7.34. The van der Waals surface area contributed by atoms with E-state index in [1.165, 1.54) is 12.1 Å². The number of aliphatic carboxylic acids is 1. The minimum atomic E-state index is -4.61. The molecule has 28 heavy (non-hydrogen) atoms. The highest BCUT2D eigenvalue weighted by Crippen LogP contribution is 2.40. The van der Waals surface area contributed by atoms with Gasteiger partial charge in [-0.05, 0) is 55.6 Å². The molecule has 1 aliphatic heterocycles. The number of pyridine rings is 1. The van der Waals surface area contributed by atoms with Gasteiger partial charge in [0, 0.05) is 6.20 Å². The van der Waals surface area contributed by atoms with Crippen LogP contribution in [-0.4, -0.2) is 33.5 Å². The smallest absolute Gasteiger partial charge is 0.417 e. The van der Waals surface area contributed by atoms with Crippen molar-refractivity contribution in [2.24, 2.45) is 0 Å². The summed E-state index contributed by atoms with van der Waals surface area (Å²) >= 11 is 5.78. The maximum absolute atomic E-state index is 13.4. The average molecular weight is 413 g/mol. The number of benzene rings is 1. The Morgan fingerprint density at radius 2 is 2.07 bits per heavy atom. The zero-order valence-electron chi connectivity index (χ0n) is 15.2. The fourth-order valence-electron chi connectivity index (χ4n) is 3.75. The normalized spacial score (nSPS) is 19.4. The van der Waals surface area contributed by atoms with Gasteiger partial charge >= 0.3 is 12.1 Å². The number of carboxylic acid groups (broad SMARTS) is 1. The van der Waals surface area contributed by atoms with Gasteiger partial charge in [0.25, 0.3) is 0 Å². The van der Waals surface area contributed by atoms with Crippen molar-refractivity contribution < 1.29 is 23.1 Å². The van der Waals surface area contributed by atoms with Crippen LogP contribution in [0.15, 0.2) is 36.5 Å². The molecular formula is C20H20ClF3N2O2. The van der Waals surface area contributed by atoms with Crippen LogP contribution in [-0.2, 0) is 11.0 Å². The van der Waals surface area contributed by atoms with E-state index < -0.39 is 29.8 Å². The first-order chi connectivity index (χ1) is 13.2.